The van der Waals surface area contributed by atoms with Gasteiger partial charge in [-0.15, -0.1) is 0 Å². The highest BCUT2D eigenvalue weighted by atomic mass is 16.1. The average Bonchev–Trinajstić information content (AvgIpc) is 2.30. The first-order valence-corrected chi connectivity index (χ1v) is 3.19. The molecule has 1 aromatic rings. The zero-order valence-corrected chi connectivity index (χ0v) is 5.37. The van der Waals surface area contributed by atoms with Crippen LogP contribution in [0.4, 0.5) is 5.69 Å². The van der Waals surface area contributed by atoms with Crippen LogP contribution >= 0.6 is 0 Å². The molecule has 0 bridgehead atoms. The number of rotatable bonds is 0. The molecule has 0 radical (unpaired) electrons. The van der Waals surface area contributed by atoms with Crippen molar-refractivity contribution in [3.63, 3.8) is 0 Å². The Labute approximate surface area is 60.3 Å². The van der Waals surface area contributed by atoms with Gasteiger partial charge in [0, 0.05) is 5.69 Å². The van der Waals surface area contributed by atoms with Gasteiger partial charge in [-0.05, 0) is 11.6 Å². The first-order valence-electron chi connectivity index (χ1n) is 3.63. The molecule has 2 heteroatoms. The number of hydrogen-bond donors (Lipinski definition) is 1. The monoisotopic (exact) mass is 135 g/mol. The second-order valence-corrected chi connectivity index (χ2v) is 2.31. The smallest absolute Gasteiger partial charge is 0.228 e. The highest BCUT2D eigenvalue weighted by Crippen LogP contribution is 2.20. The molecule has 1 heterocycles. The Hall–Kier alpha value is -1.31. The molecule has 0 aromatic heterocycles. The maximum atomic E-state index is 11.0. The summed E-state index contributed by atoms with van der Waals surface area (Å²) in [7, 11) is 0. The SMILES string of the molecule is [3H]N1C(=O)Cc2ccccc21. The number of para-hydroxylation sites is 1. The van der Waals surface area contributed by atoms with Crippen LogP contribution in [0.1, 0.15) is 5.56 Å². The summed E-state index contributed by atoms with van der Waals surface area (Å²) in [4.78, 5) is 11.0. The molecule has 0 saturated carbocycles. The van der Waals surface area contributed by atoms with Gasteiger partial charge in [-0.3, -0.25) is 4.79 Å². The van der Waals surface area contributed by atoms with Crippen molar-refractivity contribution in [1.82, 2.24) is 0 Å². The van der Waals surface area contributed by atoms with Gasteiger partial charge in [0.05, 0.1) is 6.42 Å². The number of carbonyl (C=O) groups is 1. The van der Waals surface area contributed by atoms with Crippen molar-refractivity contribution in [2.75, 3.05) is 5.31 Å². The first kappa shape index (κ1) is 4.50. The summed E-state index contributed by atoms with van der Waals surface area (Å²) in [5.74, 6) is -0.147. The van der Waals surface area contributed by atoms with Crippen LogP contribution in [0.25, 0.3) is 0 Å². The van der Waals surface area contributed by atoms with Gasteiger partial charge < -0.3 is 5.31 Å². The minimum Gasteiger partial charge on any atom is -0.326 e. The normalized spacial score (nSPS) is 17.0. The molecule has 1 aromatic carbocycles. The lowest BCUT2D eigenvalue weighted by Crippen LogP contribution is -2.03. The van der Waals surface area contributed by atoms with Gasteiger partial charge in [-0.2, -0.15) is 0 Å². The highest BCUT2D eigenvalue weighted by molar-refractivity contribution is 5.98. The lowest BCUT2D eigenvalue weighted by Gasteiger charge is -1.93. The van der Waals surface area contributed by atoms with Gasteiger partial charge in [0.25, 0.3) is 0 Å². The number of carbonyl (C=O) groups excluding carboxylic acids is 1. The van der Waals surface area contributed by atoms with Gasteiger partial charge in [0.1, 0.15) is 0 Å². The fourth-order valence-electron chi connectivity index (χ4n) is 1.11. The van der Waals surface area contributed by atoms with Crippen LogP contribution in [-0.4, -0.2) is 5.91 Å². The molecule has 0 spiro atoms. The highest BCUT2D eigenvalue weighted by Gasteiger charge is 2.15. The molecule has 0 fully saturated rings. The van der Waals surface area contributed by atoms with Crippen molar-refractivity contribution in [1.29, 1.82) is 0 Å². The van der Waals surface area contributed by atoms with E-state index in [-0.39, 0.29) is 5.91 Å². The molecule has 10 heavy (non-hydrogen) atoms. The van der Waals surface area contributed by atoms with E-state index in [2.05, 4.69) is 0 Å². The minimum absolute atomic E-state index is 0.147. The quantitative estimate of drug-likeness (QED) is 0.568. The molecule has 50 valence electrons. The molecule has 1 amide bonds. The summed E-state index contributed by atoms with van der Waals surface area (Å²) in [5.41, 5.74) is 1.67. The van der Waals surface area contributed by atoms with Crippen LogP contribution in [0, 0.1) is 0 Å². The van der Waals surface area contributed by atoms with Crippen LogP contribution in [0.3, 0.4) is 0 Å². The molecule has 1 aliphatic rings. The van der Waals surface area contributed by atoms with E-state index in [1.807, 2.05) is 18.2 Å². The fraction of sp³-hybridized carbons (Fsp3) is 0.125. The van der Waals surface area contributed by atoms with Crippen LogP contribution in [0.5, 0.6) is 0 Å². The van der Waals surface area contributed by atoms with E-state index < -0.39 is 0 Å². The summed E-state index contributed by atoms with van der Waals surface area (Å²) in [6, 6.07) is 7.37. The lowest BCUT2D eigenvalue weighted by atomic mass is 10.2. The molecule has 2 rings (SSSR count). The van der Waals surface area contributed by atoms with Crippen LogP contribution in [0.15, 0.2) is 24.3 Å². The molecule has 0 atom stereocenters. The van der Waals surface area contributed by atoms with Crippen LogP contribution < -0.4 is 5.31 Å². The number of amides is 1. The van der Waals surface area contributed by atoms with E-state index in [4.69, 9.17) is 1.41 Å². The maximum Gasteiger partial charge on any atom is 0.228 e. The van der Waals surface area contributed by atoms with Crippen LogP contribution in [-0.2, 0) is 11.2 Å². The van der Waals surface area contributed by atoms with Gasteiger partial charge in [0.15, 0.2) is 1.41 Å². The number of hydrogen-bond acceptors (Lipinski definition) is 1. The average molecular weight is 135 g/mol. The number of nitrogens with one attached hydrogen (secondary N) is 1. The van der Waals surface area contributed by atoms with E-state index in [1.54, 1.807) is 6.07 Å². The molecule has 1 aliphatic heterocycles. The Bertz CT molecular complexity index is 311. The Kier molecular flexibility index (Phi) is 0.826. The van der Waals surface area contributed by atoms with Crippen molar-refractivity contribution < 1.29 is 6.21 Å². The van der Waals surface area contributed by atoms with Crippen molar-refractivity contribution in [2.45, 2.75) is 6.42 Å². The van der Waals surface area contributed by atoms with Gasteiger partial charge >= 0.3 is 0 Å². The third-order valence-corrected chi connectivity index (χ3v) is 1.58. The van der Waals surface area contributed by atoms with Gasteiger partial charge in [-0.25, -0.2) is 0 Å². The zero-order valence-electron chi connectivity index (χ0n) is 6.37. The van der Waals surface area contributed by atoms with Gasteiger partial charge in [0.2, 0.25) is 5.91 Å². The topological polar surface area (TPSA) is 29.1 Å². The third kappa shape index (κ3) is 0.692. The van der Waals surface area contributed by atoms with Crippen molar-refractivity contribution in [2.24, 2.45) is 0 Å². The summed E-state index contributed by atoms with van der Waals surface area (Å²) in [6.45, 7) is 0. The fourth-order valence-corrected chi connectivity index (χ4v) is 1.11. The first-order chi connectivity index (χ1) is 5.29. The Balaban J connectivity index is 2.55. The third-order valence-electron chi connectivity index (χ3n) is 1.58. The second kappa shape index (κ2) is 1.84. The standard InChI is InChI=1S/C8H7NO/c10-8-5-6-3-1-2-4-7(6)9-8/h1-4H,5H2,(H,9,10)/i/hT. The second-order valence-electron chi connectivity index (χ2n) is 2.31. The molecular weight excluding hydrogens is 126 g/mol. The molecule has 1 N–H and O–H groups in total. The summed E-state index contributed by atoms with van der Waals surface area (Å²) in [6.07, 6.45) is 0.375. The molecule has 0 aliphatic carbocycles. The van der Waals surface area contributed by atoms with E-state index in [1.165, 1.54) is 0 Å². The van der Waals surface area contributed by atoms with Crippen molar-refractivity contribution >= 4 is 11.6 Å². The largest absolute Gasteiger partial charge is 0.326 e. The number of fused-ring (bicyclic) bond motifs is 1. The Morgan fingerprint density at radius 1 is 1.50 bits per heavy atom. The molecule has 2 nitrogen and oxygen atoms in total. The van der Waals surface area contributed by atoms with Crippen molar-refractivity contribution in [3.05, 3.63) is 29.8 Å². The molecular formula is C8H7NO. The molecule has 0 unspecified atom stereocenters. The van der Waals surface area contributed by atoms with E-state index >= 15 is 0 Å². The predicted molar refractivity (Wildman–Crippen MR) is 38.8 cm³/mol. The summed E-state index contributed by atoms with van der Waals surface area (Å²) in [5, 5.41) is 0.954. The predicted octanol–water partition coefficient (Wildman–Crippen LogP) is 1.18. The van der Waals surface area contributed by atoms with Crippen LogP contribution in [0.2, 0.25) is 1.41 Å². The zero-order chi connectivity index (χ0) is 7.84. The number of anilines is 1. The van der Waals surface area contributed by atoms with E-state index in [9.17, 15) is 4.79 Å². The Morgan fingerprint density at radius 2 is 2.30 bits per heavy atom. The summed E-state index contributed by atoms with van der Waals surface area (Å²) >= 11 is 0. The maximum absolute atomic E-state index is 11.0. The summed E-state index contributed by atoms with van der Waals surface area (Å²) < 4.78 is 7.30. The molecule has 0 saturated heterocycles. The number of benzene rings is 1. The Morgan fingerprint density at radius 3 is 3.10 bits per heavy atom. The minimum atomic E-state index is -0.147. The lowest BCUT2D eigenvalue weighted by molar-refractivity contribution is -0.115. The van der Waals surface area contributed by atoms with Crippen molar-refractivity contribution in [3.8, 4) is 0 Å². The van der Waals surface area contributed by atoms with E-state index in [0.717, 1.165) is 16.6 Å². The van der Waals surface area contributed by atoms with E-state index in [0.29, 0.717) is 6.42 Å². The van der Waals surface area contributed by atoms with Gasteiger partial charge in [-0.1, -0.05) is 18.2 Å².